The minimum Gasteiger partial charge on any atom is -0.393 e. The van der Waals surface area contributed by atoms with E-state index in [-0.39, 0.29) is 23.1 Å². The van der Waals surface area contributed by atoms with Crippen molar-refractivity contribution in [2.24, 2.45) is 0 Å². The minimum absolute atomic E-state index is 0. The van der Waals surface area contributed by atoms with Crippen LogP contribution in [0.3, 0.4) is 0 Å². The summed E-state index contributed by atoms with van der Waals surface area (Å²) in [5.41, 5.74) is 2.74. The van der Waals surface area contributed by atoms with Crippen LogP contribution < -0.4 is 0 Å². The molecule has 1 atom stereocenters. The van der Waals surface area contributed by atoms with E-state index in [0.717, 1.165) is 19.3 Å². The lowest BCUT2D eigenvalue weighted by Crippen LogP contribution is -2.18. The van der Waals surface area contributed by atoms with Gasteiger partial charge >= 0.3 is 0 Å². The highest BCUT2D eigenvalue weighted by atomic mass is 79.9. The van der Waals surface area contributed by atoms with Gasteiger partial charge in [-0.3, -0.25) is 0 Å². The molecule has 1 aromatic carbocycles. The second-order valence-electron chi connectivity index (χ2n) is 3.17. The Hall–Kier alpha value is -0.340. The highest BCUT2D eigenvalue weighted by Gasteiger charge is 2.14. The van der Waals surface area contributed by atoms with E-state index in [4.69, 9.17) is 0 Å². The molecule has 1 aliphatic rings. The maximum Gasteiger partial charge on any atom is 0.0583 e. The molecule has 1 aromatic rings. The molecule has 0 saturated heterocycles. The average molecular weight is 229 g/mol. The smallest absolute Gasteiger partial charge is 0.0583 e. The fourth-order valence-corrected chi connectivity index (χ4v) is 1.68. The third kappa shape index (κ3) is 1.87. The number of halogens is 1. The summed E-state index contributed by atoms with van der Waals surface area (Å²) in [6.45, 7) is 0. The highest BCUT2D eigenvalue weighted by Crippen LogP contribution is 2.20. The van der Waals surface area contributed by atoms with Crippen LogP contribution in [0.2, 0.25) is 0 Å². The van der Waals surface area contributed by atoms with Crippen LogP contribution in [-0.2, 0) is 12.8 Å². The summed E-state index contributed by atoms with van der Waals surface area (Å²) in [6, 6.07) is 8.37. The molecule has 0 fully saturated rings. The predicted octanol–water partition coefficient (Wildman–Crippen LogP) is 2.11. The second-order valence-corrected chi connectivity index (χ2v) is 3.17. The van der Waals surface area contributed by atoms with Crippen molar-refractivity contribution in [3.05, 3.63) is 35.4 Å². The maximum atomic E-state index is 9.36. The van der Waals surface area contributed by atoms with Gasteiger partial charge in [-0.2, -0.15) is 0 Å². The largest absolute Gasteiger partial charge is 0.393 e. The topological polar surface area (TPSA) is 20.2 Å². The van der Waals surface area contributed by atoms with Crippen LogP contribution in [0.5, 0.6) is 0 Å². The van der Waals surface area contributed by atoms with Gasteiger partial charge < -0.3 is 5.11 Å². The SMILES string of the molecule is Br.OC1CCc2ccccc2C1. The average Bonchev–Trinajstić information content (AvgIpc) is 2.04. The molecule has 0 spiro atoms. The Kier molecular flexibility index (Phi) is 3.29. The second kappa shape index (κ2) is 4.06. The summed E-state index contributed by atoms with van der Waals surface area (Å²) in [5.74, 6) is 0. The molecule has 1 nitrogen and oxygen atoms in total. The van der Waals surface area contributed by atoms with Gasteiger partial charge in [-0.25, -0.2) is 0 Å². The number of benzene rings is 1. The number of aryl methyl sites for hydroxylation is 1. The molecule has 1 N–H and O–H groups in total. The summed E-state index contributed by atoms with van der Waals surface area (Å²) in [5, 5.41) is 9.36. The third-order valence-corrected chi connectivity index (χ3v) is 2.32. The van der Waals surface area contributed by atoms with Gasteiger partial charge in [0.25, 0.3) is 0 Å². The Labute approximate surface area is 83.2 Å². The Balaban J connectivity index is 0.000000720. The molecule has 2 rings (SSSR count). The molecule has 12 heavy (non-hydrogen) atoms. The van der Waals surface area contributed by atoms with E-state index in [1.807, 2.05) is 6.07 Å². The molecular formula is C10H13BrO. The Bertz CT molecular complexity index is 260. The zero-order chi connectivity index (χ0) is 7.68. The standard InChI is InChI=1S/C10H12O.BrH/c11-10-6-5-8-3-1-2-4-9(8)7-10;/h1-4,10-11H,5-7H2;1H. The van der Waals surface area contributed by atoms with Crippen LogP contribution in [-0.4, -0.2) is 11.2 Å². The molecule has 66 valence electrons. The summed E-state index contributed by atoms with van der Waals surface area (Å²) in [6.07, 6.45) is 2.70. The van der Waals surface area contributed by atoms with Gasteiger partial charge in [-0.05, 0) is 30.4 Å². The van der Waals surface area contributed by atoms with Crippen molar-refractivity contribution in [3.63, 3.8) is 0 Å². The van der Waals surface area contributed by atoms with Crippen molar-refractivity contribution in [2.45, 2.75) is 25.4 Å². The van der Waals surface area contributed by atoms with E-state index in [2.05, 4.69) is 18.2 Å². The number of hydrogen-bond acceptors (Lipinski definition) is 1. The number of fused-ring (bicyclic) bond motifs is 1. The van der Waals surface area contributed by atoms with Crippen molar-refractivity contribution in [1.29, 1.82) is 0 Å². The molecule has 0 aromatic heterocycles. The van der Waals surface area contributed by atoms with Crippen molar-refractivity contribution in [1.82, 2.24) is 0 Å². The Morgan fingerprint density at radius 1 is 1.17 bits per heavy atom. The lowest BCUT2D eigenvalue weighted by Gasteiger charge is -2.19. The molecule has 2 heteroatoms. The van der Waals surface area contributed by atoms with E-state index in [0.29, 0.717) is 0 Å². The van der Waals surface area contributed by atoms with Crippen LogP contribution in [0.25, 0.3) is 0 Å². The number of rotatable bonds is 0. The normalized spacial score (nSPS) is 20.9. The van der Waals surface area contributed by atoms with Gasteiger partial charge in [-0.15, -0.1) is 17.0 Å². The number of hydrogen-bond donors (Lipinski definition) is 1. The van der Waals surface area contributed by atoms with Crippen LogP contribution in [0.15, 0.2) is 24.3 Å². The molecule has 0 radical (unpaired) electrons. The van der Waals surface area contributed by atoms with Crippen LogP contribution >= 0.6 is 17.0 Å². The molecule has 0 bridgehead atoms. The fraction of sp³-hybridized carbons (Fsp3) is 0.400. The van der Waals surface area contributed by atoms with E-state index in [1.165, 1.54) is 11.1 Å². The van der Waals surface area contributed by atoms with E-state index >= 15 is 0 Å². The summed E-state index contributed by atoms with van der Waals surface area (Å²) in [7, 11) is 0. The highest BCUT2D eigenvalue weighted by molar-refractivity contribution is 8.93. The monoisotopic (exact) mass is 228 g/mol. The Morgan fingerprint density at radius 3 is 2.58 bits per heavy atom. The van der Waals surface area contributed by atoms with Gasteiger partial charge in [0.1, 0.15) is 0 Å². The molecule has 1 aliphatic carbocycles. The van der Waals surface area contributed by atoms with Gasteiger partial charge in [0, 0.05) is 0 Å². The summed E-state index contributed by atoms with van der Waals surface area (Å²) in [4.78, 5) is 0. The first-order valence-electron chi connectivity index (χ1n) is 4.11. The molecule has 0 amide bonds. The maximum absolute atomic E-state index is 9.36. The van der Waals surface area contributed by atoms with E-state index in [9.17, 15) is 5.11 Å². The molecule has 0 saturated carbocycles. The van der Waals surface area contributed by atoms with Gasteiger partial charge in [0.2, 0.25) is 0 Å². The van der Waals surface area contributed by atoms with Gasteiger partial charge in [-0.1, -0.05) is 24.3 Å². The molecule has 0 heterocycles. The van der Waals surface area contributed by atoms with Gasteiger partial charge in [0.05, 0.1) is 6.10 Å². The number of aliphatic hydroxyl groups is 1. The van der Waals surface area contributed by atoms with Crippen molar-refractivity contribution >= 4 is 17.0 Å². The zero-order valence-electron chi connectivity index (χ0n) is 6.86. The van der Waals surface area contributed by atoms with Crippen LogP contribution in [0, 0.1) is 0 Å². The minimum atomic E-state index is -0.107. The van der Waals surface area contributed by atoms with E-state index < -0.39 is 0 Å². The van der Waals surface area contributed by atoms with Crippen LogP contribution in [0.1, 0.15) is 17.5 Å². The summed E-state index contributed by atoms with van der Waals surface area (Å²) < 4.78 is 0. The first-order valence-corrected chi connectivity index (χ1v) is 4.11. The molecular weight excluding hydrogens is 216 g/mol. The van der Waals surface area contributed by atoms with E-state index in [1.54, 1.807) is 0 Å². The zero-order valence-corrected chi connectivity index (χ0v) is 8.58. The lowest BCUT2D eigenvalue weighted by molar-refractivity contribution is 0.158. The van der Waals surface area contributed by atoms with Crippen LogP contribution in [0.4, 0.5) is 0 Å². The van der Waals surface area contributed by atoms with Crippen molar-refractivity contribution in [2.75, 3.05) is 0 Å². The quantitative estimate of drug-likeness (QED) is 0.722. The van der Waals surface area contributed by atoms with Crippen molar-refractivity contribution in [3.8, 4) is 0 Å². The van der Waals surface area contributed by atoms with Crippen molar-refractivity contribution < 1.29 is 5.11 Å². The van der Waals surface area contributed by atoms with Gasteiger partial charge in [0.15, 0.2) is 0 Å². The summed E-state index contributed by atoms with van der Waals surface area (Å²) >= 11 is 0. The first-order chi connectivity index (χ1) is 5.36. The molecule has 0 aliphatic heterocycles. The number of aliphatic hydroxyl groups excluding tert-OH is 1. The predicted molar refractivity (Wildman–Crippen MR) is 54.8 cm³/mol. The molecule has 1 unspecified atom stereocenters. The lowest BCUT2D eigenvalue weighted by atomic mass is 9.90. The first kappa shape index (κ1) is 9.75. The fourth-order valence-electron chi connectivity index (χ4n) is 1.68. The third-order valence-electron chi connectivity index (χ3n) is 2.32. The Morgan fingerprint density at radius 2 is 1.83 bits per heavy atom.